The van der Waals surface area contributed by atoms with Gasteiger partial charge in [0.15, 0.2) is 28.5 Å². The van der Waals surface area contributed by atoms with Gasteiger partial charge in [0.1, 0.15) is 66.8 Å². The van der Waals surface area contributed by atoms with Gasteiger partial charge in [-0.25, -0.2) is 14.8 Å². The molecule has 48 nitrogen and oxygen atoms in total. The normalized spacial score (nSPS) is 16.4. The molecule has 2 heterocycles. The molecular weight excluding hydrogens is 1670 g/mol. The molecular formula is C72H107N13O35S2. The summed E-state index contributed by atoms with van der Waals surface area (Å²) in [6.07, 6.45) is -36.7. The molecule has 682 valence electrons. The van der Waals surface area contributed by atoms with Crippen LogP contribution >= 0.6 is 25.3 Å². The fourth-order valence-electron chi connectivity index (χ4n) is 11.7. The lowest BCUT2D eigenvalue weighted by molar-refractivity contribution is -0.143. The smallest absolute Gasteiger partial charge is 0.326 e. The minimum Gasteiger partial charge on any atom is -0.481 e. The molecule has 0 bridgehead atoms. The van der Waals surface area contributed by atoms with Crippen LogP contribution in [0.1, 0.15) is 119 Å². The van der Waals surface area contributed by atoms with Gasteiger partial charge in [-0.2, -0.15) is 30.2 Å². The third kappa shape index (κ3) is 36.6. The molecule has 3 rings (SSSR count). The van der Waals surface area contributed by atoms with E-state index in [1.165, 1.54) is 30.5 Å². The molecule has 2 aromatic heterocycles. The van der Waals surface area contributed by atoms with Gasteiger partial charge in [0.25, 0.3) is 11.5 Å². The number of amides is 7. The van der Waals surface area contributed by atoms with Gasteiger partial charge in [-0.15, -0.1) is 0 Å². The van der Waals surface area contributed by atoms with E-state index in [0.717, 1.165) is 0 Å². The lowest BCUT2D eigenvalue weighted by Gasteiger charge is -2.26. The summed E-state index contributed by atoms with van der Waals surface area (Å²) >= 11 is 8.12. The topological polar surface area (TPSA) is 834 Å². The SMILES string of the molecule is Nc1nc2ncc(CNc3ccc(C(=O)N[C@@H](CCC(=O)C[C@@H](CCC(=O)NC[C@H](O)[C@@H](O)[C@H](O)[C@H](O)CO)C(=O)N[C@@H](CCC(=O)O)C(=O)C[C@@H](CCC(=O)NC[C@H](O)[C@@H](O)[C@H](O)[C@H](O)CO)C(=O)N[C@@H](CS)C(=O)C[C@@H](CCC(=O)O)C(=O)N[C@@H](CCC(=O)NC[C@H](O)[C@@H](O)[C@H](O)[C@H](O)CO)C(=O)CC(CS)C(=O)O)C(=O)O)cc3)nc2c(=O)[nH]1. The van der Waals surface area contributed by atoms with Gasteiger partial charge in [0.2, 0.25) is 41.4 Å². The molecule has 0 aliphatic carbocycles. The number of fused-ring (bicyclic) bond motifs is 1. The van der Waals surface area contributed by atoms with Crippen LogP contribution in [0.25, 0.3) is 11.2 Å². The van der Waals surface area contributed by atoms with Gasteiger partial charge >= 0.3 is 23.9 Å². The fourth-order valence-corrected chi connectivity index (χ4v) is 12.3. The Hall–Kier alpha value is -10.0. The molecule has 50 heteroatoms. The molecule has 0 fully saturated rings. The number of aromatic nitrogens is 4. The van der Waals surface area contributed by atoms with Crippen LogP contribution in [0.5, 0.6) is 0 Å². The van der Waals surface area contributed by atoms with E-state index in [2.05, 4.69) is 87.7 Å². The number of ketones is 4. The fraction of sp³-hybridized carbons (Fsp3) is 0.625. The first kappa shape index (κ1) is 106. The second kappa shape index (κ2) is 53.8. The summed E-state index contributed by atoms with van der Waals surface area (Å²) in [5.41, 5.74) is 5.43. The Bertz CT molecular complexity index is 4080. The molecule has 0 aliphatic heterocycles. The van der Waals surface area contributed by atoms with Crippen LogP contribution < -0.4 is 53.8 Å². The monoisotopic (exact) mass is 1780 g/mol. The van der Waals surface area contributed by atoms with Crippen LogP contribution in [0.15, 0.2) is 35.3 Å². The maximum Gasteiger partial charge on any atom is 0.326 e. The van der Waals surface area contributed by atoms with Crippen molar-refractivity contribution in [1.82, 2.24) is 57.2 Å². The van der Waals surface area contributed by atoms with Gasteiger partial charge in [-0.1, -0.05) is 0 Å². The average Bonchev–Trinajstić information content (AvgIpc) is 0.809. The van der Waals surface area contributed by atoms with Crippen molar-refractivity contribution in [2.45, 2.75) is 207 Å². The number of thiol groups is 2. The summed E-state index contributed by atoms with van der Waals surface area (Å²) in [7, 11) is 0. The third-order valence-corrected chi connectivity index (χ3v) is 20.0. The predicted octanol–water partition coefficient (Wildman–Crippen LogP) is -10.7. The minimum atomic E-state index is -2.21. The van der Waals surface area contributed by atoms with Crippen LogP contribution in [0.4, 0.5) is 11.6 Å². The van der Waals surface area contributed by atoms with E-state index in [9.17, 15) is 169 Å². The molecule has 20 atom stereocenters. The number of benzene rings is 1. The van der Waals surface area contributed by atoms with Crippen LogP contribution in [0.3, 0.4) is 0 Å². The second-order valence-electron chi connectivity index (χ2n) is 28.5. The quantitative estimate of drug-likeness (QED) is 0.0233. The summed E-state index contributed by atoms with van der Waals surface area (Å²) in [6, 6.07) is -2.02. The summed E-state index contributed by atoms with van der Waals surface area (Å²) in [5.74, 6) is -26.9. The van der Waals surface area contributed by atoms with Crippen molar-refractivity contribution in [3.8, 4) is 0 Å². The largest absolute Gasteiger partial charge is 0.481 e. The molecule has 1 aromatic carbocycles. The lowest BCUT2D eigenvalue weighted by Crippen LogP contribution is -2.50. The minimum absolute atomic E-state index is 0.0112. The van der Waals surface area contributed by atoms with Crippen molar-refractivity contribution in [3.05, 3.63) is 52.1 Å². The Morgan fingerprint density at radius 3 is 1.21 bits per heavy atom. The maximum absolute atomic E-state index is 14.8. The van der Waals surface area contributed by atoms with Crippen LogP contribution in [-0.4, -0.2) is 354 Å². The molecule has 30 N–H and O–H groups in total. The number of rotatable bonds is 62. The molecule has 0 aliphatic rings. The average molecular weight is 1780 g/mol. The number of carbonyl (C=O) groups is 15. The van der Waals surface area contributed by atoms with Crippen molar-refractivity contribution in [2.75, 3.05) is 62.0 Å². The zero-order valence-electron chi connectivity index (χ0n) is 65.5. The Morgan fingerprint density at radius 2 is 0.803 bits per heavy atom. The summed E-state index contributed by atoms with van der Waals surface area (Å²) in [4.78, 5) is 229. The number of aliphatic hydroxyl groups is 15. The first-order chi connectivity index (χ1) is 57.4. The number of nitrogens with one attached hydrogen (secondary N) is 9. The molecule has 0 saturated carbocycles. The van der Waals surface area contributed by atoms with Gasteiger partial charge in [-0.3, -0.25) is 76.9 Å². The Balaban J connectivity index is 2.03. The van der Waals surface area contributed by atoms with E-state index in [-0.39, 0.29) is 29.2 Å². The number of H-pyrrole nitrogens is 1. The van der Waals surface area contributed by atoms with E-state index in [1.807, 2.05) is 0 Å². The Kier molecular flexibility index (Phi) is 46.8. The van der Waals surface area contributed by atoms with Gasteiger partial charge in [0.05, 0.1) is 80.6 Å². The first-order valence-electron chi connectivity index (χ1n) is 38.0. The van der Waals surface area contributed by atoms with Crippen molar-refractivity contribution < 1.29 is 169 Å². The highest BCUT2D eigenvalue weighted by atomic mass is 32.1. The molecule has 1 unspecified atom stereocenters. The third-order valence-electron chi connectivity index (χ3n) is 19.2. The number of hydrogen-bond acceptors (Lipinski definition) is 38. The maximum atomic E-state index is 14.8. The highest BCUT2D eigenvalue weighted by Crippen LogP contribution is 2.24. The van der Waals surface area contributed by atoms with E-state index in [1.54, 1.807) is 0 Å². The van der Waals surface area contributed by atoms with Gasteiger partial charge < -0.3 is 145 Å². The molecule has 7 amide bonds. The second-order valence-corrected chi connectivity index (χ2v) is 29.3. The Morgan fingerprint density at radius 1 is 0.426 bits per heavy atom. The van der Waals surface area contributed by atoms with Crippen molar-refractivity contribution in [3.63, 3.8) is 0 Å². The summed E-state index contributed by atoms with van der Waals surface area (Å²) in [5, 5.41) is 207. The number of Topliss-reactive ketones (excluding diaryl/α,β-unsaturated/α-hetero) is 4. The number of nitrogen functional groups attached to an aromatic ring is 1. The standard InChI is InChI=1S/C72H107N13O35S2/c73-72-84-64-57(69(116)85-72)79-37(22-78-64)21-74-36-6-1-31(2-7-36)65(112)82-41(71(119)120)9-8-38(89)17-32(3-12-52(99)75-23-46(93)58(106)61(109)49(96)26-86)66(113)81-40(11-16-56(104)105)43(90)18-33(4-13-53(100)76-24-47(94)59(107)62(110)50(97)27-87)68(115)83-42(30-122)45(92)19-34(5-15-55(102)103)67(114)80-39(44(91)20-35(29-121)70(117)118)10-14-54(101)77-25-48(95)60(108)63(111)51(98)28-88/h1-2,6-7,22,32-35,39-42,46-51,58-63,74,86-88,93-98,106-111,121-122H,3-5,8-21,23-30H2,(H,75,99)(H,76,100)(H,77,101)(H,80,114)(H,81,113)(H,82,112)(H,83,115)(H,102,103)(H,104,105)(H,117,118)(H,119,120)(H3,73,78,84,85,116)/t32-,33-,34-,35?,39+,40+,41+,42+,46+,47+,48+,49-,50-,51-,58-,59-,60-,61-,62-,63-/m1/s1. The van der Waals surface area contributed by atoms with Gasteiger partial charge in [-0.05, 0) is 62.8 Å². The van der Waals surface area contributed by atoms with E-state index < -0.39 is 369 Å². The number of hydrogen-bond donors (Lipinski definition) is 31. The number of aliphatic carboxylic acids is 4. The molecule has 0 saturated heterocycles. The number of carboxylic acid groups (broad SMARTS) is 4. The van der Waals surface area contributed by atoms with Crippen LogP contribution in [-0.2, 0) is 73.7 Å². The predicted molar refractivity (Wildman–Crippen MR) is 422 cm³/mol. The van der Waals surface area contributed by atoms with Crippen LogP contribution in [0, 0.1) is 23.7 Å². The highest BCUT2D eigenvalue weighted by Gasteiger charge is 2.39. The first-order valence-corrected chi connectivity index (χ1v) is 39.2. The molecule has 122 heavy (non-hydrogen) atoms. The van der Waals surface area contributed by atoms with Crippen LogP contribution in [0.2, 0.25) is 0 Å². The van der Waals surface area contributed by atoms with Crippen molar-refractivity contribution in [2.24, 2.45) is 23.7 Å². The zero-order chi connectivity index (χ0) is 91.9. The molecule has 3 aromatic rings. The summed E-state index contributed by atoms with van der Waals surface area (Å²) < 4.78 is 0. The van der Waals surface area contributed by atoms with E-state index in [0.29, 0.717) is 11.4 Å². The number of carbonyl (C=O) groups excluding carboxylic acids is 11. The lowest BCUT2D eigenvalue weighted by atomic mass is 9.89. The molecule has 0 radical (unpaired) electrons. The molecule has 0 spiro atoms. The van der Waals surface area contributed by atoms with E-state index in [4.69, 9.17) is 10.8 Å². The number of carboxylic acids is 4. The van der Waals surface area contributed by atoms with E-state index >= 15 is 0 Å². The van der Waals surface area contributed by atoms with Crippen molar-refractivity contribution in [1.29, 1.82) is 0 Å². The zero-order valence-corrected chi connectivity index (χ0v) is 67.2. The number of nitrogens with two attached hydrogens (primary N) is 1. The van der Waals surface area contributed by atoms with Gasteiger partial charge in [0, 0.05) is 124 Å². The number of aromatic amines is 1. The number of nitrogens with zero attached hydrogens (tertiary/aromatic N) is 3. The number of aliphatic hydroxyl groups excluding tert-OH is 15. The number of anilines is 2. The van der Waals surface area contributed by atoms with Crippen molar-refractivity contribution >= 4 is 136 Å². The Labute approximate surface area is 704 Å². The summed E-state index contributed by atoms with van der Waals surface area (Å²) in [6.45, 7) is -5.75. The highest BCUT2D eigenvalue weighted by molar-refractivity contribution is 7.80.